The van der Waals surface area contributed by atoms with Crippen LogP contribution in [0, 0.1) is 0 Å². The van der Waals surface area contributed by atoms with Crippen LogP contribution >= 0.6 is 0 Å². The van der Waals surface area contributed by atoms with E-state index in [1.54, 1.807) is 0 Å². The van der Waals surface area contributed by atoms with E-state index < -0.39 is 0 Å². The predicted octanol–water partition coefficient (Wildman–Crippen LogP) is 2.24. The molecule has 0 bridgehead atoms. The maximum absolute atomic E-state index is 11.1. The van der Waals surface area contributed by atoms with Crippen molar-refractivity contribution in [1.29, 1.82) is 0 Å². The Kier molecular flexibility index (Phi) is 4.53. The molecule has 3 N–H and O–H groups in total. The maximum atomic E-state index is 11.1. The average molecular weight is 256 g/mol. The van der Waals surface area contributed by atoms with E-state index in [1.165, 1.54) is 16.3 Å². The van der Waals surface area contributed by atoms with Crippen LogP contribution in [0.2, 0.25) is 0 Å². The van der Waals surface area contributed by atoms with Crippen molar-refractivity contribution in [2.45, 2.75) is 25.8 Å². The zero-order chi connectivity index (χ0) is 13.7. The van der Waals surface area contributed by atoms with Crippen molar-refractivity contribution >= 4 is 16.7 Å². The van der Waals surface area contributed by atoms with Crippen molar-refractivity contribution in [3.05, 3.63) is 48.0 Å². The Morgan fingerprint density at radius 3 is 2.63 bits per heavy atom. The summed E-state index contributed by atoms with van der Waals surface area (Å²) in [6.45, 7) is 2.87. The van der Waals surface area contributed by atoms with Crippen LogP contribution in [-0.4, -0.2) is 18.5 Å². The van der Waals surface area contributed by atoms with Crippen molar-refractivity contribution in [2.75, 3.05) is 6.54 Å². The molecule has 3 nitrogen and oxygen atoms in total. The van der Waals surface area contributed by atoms with Crippen LogP contribution in [-0.2, 0) is 11.2 Å². The van der Waals surface area contributed by atoms with Gasteiger partial charge in [-0.3, -0.25) is 4.79 Å². The van der Waals surface area contributed by atoms with Gasteiger partial charge in [-0.15, -0.1) is 0 Å². The number of amides is 1. The predicted molar refractivity (Wildman–Crippen MR) is 78.9 cm³/mol. The van der Waals surface area contributed by atoms with Crippen molar-refractivity contribution in [3.63, 3.8) is 0 Å². The number of fused-ring (bicyclic) bond motifs is 1. The van der Waals surface area contributed by atoms with E-state index in [0.29, 0.717) is 6.42 Å². The third-order valence-corrected chi connectivity index (χ3v) is 3.24. The molecule has 19 heavy (non-hydrogen) atoms. The summed E-state index contributed by atoms with van der Waals surface area (Å²) in [5.74, 6) is -0.258. The summed E-state index contributed by atoms with van der Waals surface area (Å²) in [6, 6.07) is 14.8. The number of hydrogen-bond acceptors (Lipinski definition) is 2. The number of hydrogen-bond donors (Lipinski definition) is 2. The SMILES string of the molecule is CCN[C@H](CC(N)=O)Cc1ccc2ccccc2c1. The molecule has 1 atom stereocenters. The molecule has 2 aromatic carbocycles. The quantitative estimate of drug-likeness (QED) is 0.832. The number of nitrogens with two attached hydrogens (primary N) is 1. The van der Waals surface area contributed by atoms with Crippen molar-refractivity contribution in [2.24, 2.45) is 5.73 Å². The standard InChI is InChI=1S/C16H20N2O/c1-2-18-15(11-16(17)19)10-12-7-8-13-5-3-4-6-14(13)9-12/h3-9,15,18H,2,10-11H2,1H3,(H2,17,19)/t15-/m0/s1. The van der Waals surface area contributed by atoms with Crippen molar-refractivity contribution < 1.29 is 4.79 Å². The molecule has 0 saturated heterocycles. The highest BCUT2D eigenvalue weighted by Crippen LogP contribution is 2.17. The van der Waals surface area contributed by atoms with Crippen LogP contribution < -0.4 is 11.1 Å². The summed E-state index contributed by atoms with van der Waals surface area (Å²) in [5.41, 5.74) is 6.52. The molecule has 0 spiro atoms. The zero-order valence-electron chi connectivity index (χ0n) is 11.2. The molecule has 2 rings (SSSR count). The van der Waals surface area contributed by atoms with E-state index in [0.717, 1.165) is 13.0 Å². The molecule has 0 heterocycles. The smallest absolute Gasteiger partial charge is 0.218 e. The molecule has 0 unspecified atom stereocenters. The largest absolute Gasteiger partial charge is 0.370 e. The van der Waals surface area contributed by atoms with Gasteiger partial charge in [0.15, 0.2) is 0 Å². The van der Waals surface area contributed by atoms with E-state index in [-0.39, 0.29) is 11.9 Å². The Morgan fingerprint density at radius 2 is 1.95 bits per heavy atom. The van der Waals surface area contributed by atoms with Crippen LogP contribution in [0.15, 0.2) is 42.5 Å². The minimum Gasteiger partial charge on any atom is -0.370 e. The van der Waals surface area contributed by atoms with Gasteiger partial charge in [0.05, 0.1) is 0 Å². The van der Waals surface area contributed by atoms with Crippen LogP contribution in [0.4, 0.5) is 0 Å². The molecule has 0 aromatic heterocycles. The Morgan fingerprint density at radius 1 is 1.21 bits per heavy atom. The fourth-order valence-corrected chi connectivity index (χ4v) is 2.40. The Labute approximate surface area is 113 Å². The minimum atomic E-state index is -0.258. The number of likely N-dealkylation sites (N-methyl/N-ethyl adjacent to an activating group) is 1. The first-order valence-corrected chi connectivity index (χ1v) is 6.68. The van der Waals surface area contributed by atoms with E-state index in [4.69, 9.17) is 5.73 Å². The average Bonchev–Trinajstić information content (AvgIpc) is 2.38. The molecule has 3 heteroatoms. The monoisotopic (exact) mass is 256 g/mol. The fraction of sp³-hybridized carbons (Fsp3) is 0.312. The van der Waals surface area contributed by atoms with E-state index in [2.05, 4.69) is 35.6 Å². The lowest BCUT2D eigenvalue weighted by Crippen LogP contribution is -2.35. The molecule has 0 aliphatic heterocycles. The second-order valence-electron chi connectivity index (χ2n) is 4.81. The molecule has 0 aliphatic rings. The summed E-state index contributed by atoms with van der Waals surface area (Å²) in [5, 5.41) is 5.78. The van der Waals surface area contributed by atoms with Gasteiger partial charge >= 0.3 is 0 Å². The van der Waals surface area contributed by atoms with Gasteiger partial charge < -0.3 is 11.1 Å². The maximum Gasteiger partial charge on any atom is 0.218 e. The van der Waals surface area contributed by atoms with Crippen molar-refractivity contribution in [1.82, 2.24) is 5.32 Å². The summed E-state index contributed by atoms with van der Waals surface area (Å²) >= 11 is 0. The molecule has 0 radical (unpaired) electrons. The Bertz CT molecular complexity index is 565. The molecule has 0 saturated carbocycles. The second kappa shape index (κ2) is 6.34. The molecule has 0 fully saturated rings. The molecular weight excluding hydrogens is 236 g/mol. The molecule has 0 aliphatic carbocycles. The van der Waals surface area contributed by atoms with E-state index >= 15 is 0 Å². The normalized spacial score (nSPS) is 12.5. The third-order valence-electron chi connectivity index (χ3n) is 3.24. The zero-order valence-corrected chi connectivity index (χ0v) is 11.2. The first kappa shape index (κ1) is 13.6. The second-order valence-corrected chi connectivity index (χ2v) is 4.81. The lowest BCUT2D eigenvalue weighted by molar-refractivity contribution is -0.118. The number of rotatable bonds is 6. The molecule has 2 aromatic rings. The first-order valence-electron chi connectivity index (χ1n) is 6.68. The molecular formula is C16H20N2O. The van der Waals surface area contributed by atoms with Gasteiger partial charge in [-0.25, -0.2) is 0 Å². The Balaban J connectivity index is 2.16. The first-order chi connectivity index (χ1) is 9.19. The van der Waals surface area contributed by atoms with Crippen molar-refractivity contribution in [3.8, 4) is 0 Å². The highest BCUT2D eigenvalue weighted by Gasteiger charge is 2.11. The summed E-state index contributed by atoms with van der Waals surface area (Å²) in [7, 11) is 0. The van der Waals surface area contributed by atoms with Gasteiger partial charge in [-0.1, -0.05) is 49.4 Å². The third kappa shape index (κ3) is 3.80. The van der Waals surface area contributed by atoms with Gasteiger partial charge in [0.1, 0.15) is 0 Å². The topological polar surface area (TPSA) is 55.1 Å². The number of nitrogens with one attached hydrogen (secondary N) is 1. The van der Waals surface area contributed by atoms with E-state index in [1.807, 2.05) is 19.1 Å². The van der Waals surface area contributed by atoms with Gasteiger partial charge in [-0.05, 0) is 29.3 Å². The fourth-order valence-electron chi connectivity index (χ4n) is 2.40. The summed E-state index contributed by atoms with van der Waals surface area (Å²) in [6.07, 6.45) is 1.20. The van der Waals surface area contributed by atoms with Crippen LogP contribution in [0.5, 0.6) is 0 Å². The number of benzene rings is 2. The van der Waals surface area contributed by atoms with Gasteiger partial charge in [-0.2, -0.15) is 0 Å². The highest BCUT2D eigenvalue weighted by atomic mass is 16.1. The van der Waals surface area contributed by atoms with Crippen LogP contribution in [0.25, 0.3) is 10.8 Å². The van der Waals surface area contributed by atoms with Gasteiger partial charge in [0.2, 0.25) is 5.91 Å². The number of carbonyl (C=O) groups excluding carboxylic acids is 1. The Hall–Kier alpha value is -1.87. The lowest BCUT2D eigenvalue weighted by Gasteiger charge is -2.16. The van der Waals surface area contributed by atoms with E-state index in [9.17, 15) is 4.79 Å². The van der Waals surface area contributed by atoms with Gasteiger partial charge in [0.25, 0.3) is 0 Å². The minimum absolute atomic E-state index is 0.115. The summed E-state index contributed by atoms with van der Waals surface area (Å²) in [4.78, 5) is 11.1. The van der Waals surface area contributed by atoms with Crippen LogP contribution in [0.1, 0.15) is 18.9 Å². The summed E-state index contributed by atoms with van der Waals surface area (Å²) < 4.78 is 0. The molecule has 100 valence electrons. The molecule has 1 amide bonds. The van der Waals surface area contributed by atoms with Gasteiger partial charge in [0, 0.05) is 12.5 Å². The van der Waals surface area contributed by atoms with Crippen LogP contribution in [0.3, 0.4) is 0 Å². The number of primary amides is 1. The number of carbonyl (C=O) groups is 1. The highest BCUT2D eigenvalue weighted by molar-refractivity contribution is 5.83. The lowest BCUT2D eigenvalue weighted by atomic mass is 10.00.